The molecule has 3 N–H and O–H groups in total. The van der Waals surface area contributed by atoms with Crippen LogP contribution >= 0.6 is 11.8 Å². The summed E-state index contributed by atoms with van der Waals surface area (Å²) < 4.78 is 0. The fourth-order valence-corrected chi connectivity index (χ4v) is 2.77. The van der Waals surface area contributed by atoms with Crippen molar-refractivity contribution in [2.75, 3.05) is 16.8 Å². The van der Waals surface area contributed by atoms with E-state index in [-0.39, 0.29) is 5.91 Å². The van der Waals surface area contributed by atoms with E-state index in [2.05, 4.69) is 24.4 Å². The van der Waals surface area contributed by atoms with E-state index in [1.807, 2.05) is 30.3 Å². The Kier molecular flexibility index (Phi) is 5.07. The van der Waals surface area contributed by atoms with Crippen molar-refractivity contribution in [2.45, 2.75) is 18.2 Å². The molecule has 0 heterocycles. The zero-order valence-electron chi connectivity index (χ0n) is 11.4. The van der Waals surface area contributed by atoms with Crippen LogP contribution in [0.4, 0.5) is 11.4 Å². The van der Waals surface area contributed by atoms with Crippen molar-refractivity contribution in [2.24, 2.45) is 0 Å². The minimum absolute atomic E-state index is 0.0102. The van der Waals surface area contributed by atoms with Gasteiger partial charge in [0, 0.05) is 17.1 Å². The average molecular weight is 286 g/mol. The first-order chi connectivity index (χ1) is 9.66. The van der Waals surface area contributed by atoms with E-state index < -0.39 is 0 Å². The molecule has 0 saturated heterocycles. The molecule has 2 rings (SSSR count). The highest BCUT2D eigenvalue weighted by Gasteiger charge is 2.05. The van der Waals surface area contributed by atoms with Crippen molar-refractivity contribution in [3.8, 4) is 0 Å². The Morgan fingerprint density at radius 2 is 1.85 bits per heavy atom. The minimum atomic E-state index is -0.0102. The van der Waals surface area contributed by atoms with E-state index >= 15 is 0 Å². The maximum absolute atomic E-state index is 11.9. The van der Waals surface area contributed by atoms with Crippen LogP contribution in [0.15, 0.2) is 53.4 Å². The number of para-hydroxylation sites is 2. The van der Waals surface area contributed by atoms with Crippen LogP contribution < -0.4 is 11.1 Å². The number of nitrogen functional groups attached to an aromatic ring is 1. The number of rotatable bonds is 5. The van der Waals surface area contributed by atoms with Crippen molar-refractivity contribution in [1.82, 2.24) is 0 Å². The van der Waals surface area contributed by atoms with Crippen molar-refractivity contribution < 1.29 is 4.79 Å². The fraction of sp³-hybridized carbons (Fsp3) is 0.188. The number of thioether (sulfide) groups is 1. The molecular weight excluding hydrogens is 268 g/mol. The van der Waals surface area contributed by atoms with Gasteiger partial charge in [0.25, 0.3) is 0 Å². The average Bonchev–Trinajstić information content (AvgIpc) is 2.43. The monoisotopic (exact) mass is 286 g/mol. The van der Waals surface area contributed by atoms with Gasteiger partial charge in [-0.05, 0) is 30.7 Å². The summed E-state index contributed by atoms with van der Waals surface area (Å²) in [5.74, 6) is 0.743. The molecule has 20 heavy (non-hydrogen) atoms. The standard InChI is InChI=1S/C16H18N2OS/c1-12-6-2-5-9-15(12)20-11-10-16(19)18-14-8-4-3-7-13(14)17/h2-9H,10-11,17H2,1H3,(H,18,19). The molecule has 0 unspecified atom stereocenters. The summed E-state index contributed by atoms with van der Waals surface area (Å²) >= 11 is 1.70. The van der Waals surface area contributed by atoms with Gasteiger partial charge in [0.1, 0.15) is 0 Å². The summed E-state index contributed by atoms with van der Waals surface area (Å²) in [7, 11) is 0. The highest BCUT2D eigenvalue weighted by molar-refractivity contribution is 7.99. The summed E-state index contributed by atoms with van der Waals surface area (Å²) in [6, 6.07) is 15.5. The Morgan fingerprint density at radius 1 is 1.15 bits per heavy atom. The molecule has 0 fully saturated rings. The van der Waals surface area contributed by atoms with E-state index in [9.17, 15) is 4.79 Å². The number of hydrogen-bond donors (Lipinski definition) is 2. The minimum Gasteiger partial charge on any atom is -0.397 e. The van der Waals surface area contributed by atoms with Gasteiger partial charge in [0.2, 0.25) is 5.91 Å². The van der Waals surface area contributed by atoms with Crippen LogP contribution in [-0.4, -0.2) is 11.7 Å². The third-order valence-electron chi connectivity index (χ3n) is 2.92. The van der Waals surface area contributed by atoms with Gasteiger partial charge >= 0.3 is 0 Å². The summed E-state index contributed by atoms with van der Waals surface area (Å²) in [6.45, 7) is 2.08. The number of nitrogens with two attached hydrogens (primary N) is 1. The van der Waals surface area contributed by atoms with Crippen molar-refractivity contribution in [1.29, 1.82) is 0 Å². The Balaban J connectivity index is 1.82. The van der Waals surface area contributed by atoms with Gasteiger partial charge in [-0.3, -0.25) is 4.79 Å². The third kappa shape index (κ3) is 4.03. The number of benzene rings is 2. The number of carbonyl (C=O) groups is 1. The zero-order valence-corrected chi connectivity index (χ0v) is 12.2. The Bertz CT molecular complexity index is 599. The molecular formula is C16H18N2OS. The van der Waals surface area contributed by atoms with Gasteiger partial charge in [-0.15, -0.1) is 11.8 Å². The molecule has 0 radical (unpaired) electrons. The fourth-order valence-electron chi connectivity index (χ4n) is 1.80. The largest absolute Gasteiger partial charge is 0.397 e. The lowest BCUT2D eigenvalue weighted by Gasteiger charge is -2.08. The lowest BCUT2D eigenvalue weighted by Crippen LogP contribution is -2.13. The van der Waals surface area contributed by atoms with E-state index in [1.165, 1.54) is 10.5 Å². The van der Waals surface area contributed by atoms with Gasteiger partial charge in [0.05, 0.1) is 11.4 Å². The summed E-state index contributed by atoms with van der Waals surface area (Å²) in [6.07, 6.45) is 0.466. The van der Waals surface area contributed by atoms with E-state index in [0.717, 1.165) is 5.75 Å². The lowest BCUT2D eigenvalue weighted by atomic mass is 10.2. The molecule has 0 bridgehead atoms. The number of nitrogens with one attached hydrogen (secondary N) is 1. The Labute approximate surface area is 123 Å². The quantitative estimate of drug-likeness (QED) is 0.651. The number of hydrogen-bond acceptors (Lipinski definition) is 3. The molecule has 3 nitrogen and oxygen atoms in total. The second-order valence-corrected chi connectivity index (χ2v) is 5.64. The second kappa shape index (κ2) is 7.01. The Hall–Kier alpha value is -1.94. The van der Waals surface area contributed by atoms with Crippen LogP contribution in [0.25, 0.3) is 0 Å². The van der Waals surface area contributed by atoms with Crippen LogP contribution in [-0.2, 0) is 4.79 Å². The van der Waals surface area contributed by atoms with Crippen molar-refractivity contribution in [3.05, 3.63) is 54.1 Å². The van der Waals surface area contributed by atoms with Crippen LogP contribution in [0.5, 0.6) is 0 Å². The van der Waals surface area contributed by atoms with Crippen molar-refractivity contribution >= 4 is 29.0 Å². The summed E-state index contributed by atoms with van der Waals surface area (Å²) in [5, 5.41) is 2.83. The maximum Gasteiger partial charge on any atom is 0.225 e. The molecule has 0 aromatic heterocycles. The van der Waals surface area contributed by atoms with Crippen LogP contribution in [0, 0.1) is 6.92 Å². The molecule has 0 aliphatic rings. The van der Waals surface area contributed by atoms with Crippen LogP contribution in [0.1, 0.15) is 12.0 Å². The highest BCUT2D eigenvalue weighted by atomic mass is 32.2. The molecule has 4 heteroatoms. The van der Waals surface area contributed by atoms with Gasteiger partial charge in [-0.2, -0.15) is 0 Å². The second-order valence-electron chi connectivity index (χ2n) is 4.50. The summed E-state index contributed by atoms with van der Waals surface area (Å²) in [4.78, 5) is 13.1. The van der Waals surface area contributed by atoms with Crippen LogP contribution in [0.2, 0.25) is 0 Å². The van der Waals surface area contributed by atoms with Crippen LogP contribution in [0.3, 0.4) is 0 Å². The van der Waals surface area contributed by atoms with Gasteiger partial charge in [-0.25, -0.2) is 0 Å². The van der Waals surface area contributed by atoms with Gasteiger partial charge < -0.3 is 11.1 Å². The number of amides is 1. The van der Waals surface area contributed by atoms with E-state index in [0.29, 0.717) is 17.8 Å². The lowest BCUT2D eigenvalue weighted by molar-refractivity contribution is -0.115. The van der Waals surface area contributed by atoms with E-state index in [4.69, 9.17) is 5.73 Å². The first-order valence-corrected chi connectivity index (χ1v) is 7.48. The molecule has 2 aromatic carbocycles. The SMILES string of the molecule is Cc1ccccc1SCCC(=O)Nc1ccccc1N. The van der Waals surface area contributed by atoms with Crippen molar-refractivity contribution in [3.63, 3.8) is 0 Å². The maximum atomic E-state index is 11.9. The normalized spacial score (nSPS) is 10.2. The number of carbonyl (C=O) groups excluding carboxylic acids is 1. The van der Waals surface area contributed by atoms with Gasteiger partial charge in [-0.1, -0.05) is 30.3 Å². The number of aryl methyl sites for hydroxylation is 1. The van der Waals surface area contributed by atoms with Gasteiger partial charge in [0.15, 0.2) is 0 Å². The molecule has 0 atom stereocenters. The summed E-state index contributed by atoms with van der Waals surface area (Å²) in [5.41, 5.74) is 8.30. The molecule has 0 aliphatic carbocycles. The number of anilines is 2. The third-order valence-corrected chi connectivity index (χ3v) is 4.09. The first-order valence-electron chi connectivity index (χ1n) is 6.49. The molecule has 2 aromatic rings. The van der Waals surface area contributed by atoms with E-state index in [1.54, 1.807) is 17.8 Å². The predicted octanol–water partition coefficient (Wildman–Crippen LogP) is 3.70. The zero-order chi connectivity index (χ0) is 14.4. The topological polar surface area (TPSA) is 55.1 Å². The molecule has 0 spiro atoms. The molecule has 0 saturated carbocycles. The molecule has 104 valence electrons. The Morgan fingerprint density at radius 3 is 2.60 bits per heavy atom. The highest BCUT2D eigenvalue weighted by Crippen LogP contribution is 2.23. The predicted molar refractivity (Wildman–Crippen MR) is 86.0 cm³/mol. The smallest absolute Gasteiger partial charge is 0.225 e. The first kappa shape index (κ1) is 14.5. The molecule has 1 amide bonds. The molecule has 0 aliphatic heterocycles.